The van der Waals surface area contributed by atoms with Crippen molar-refractivity contribution in [3.63, 3.8) is 0 Å². The van der Waals surface area contributed by atoms with E-state index in [1.54, 1.807) is 18.2 Å². The molecule has 1 amide bonds. The third-order valence-electron chi connectivity index (χ3n) is 4.06. The highest BCUT2D eigenvalue weighted by Gasteiger charge is 2.37. The van der Waals surface area contributed by atoms with Crippen LogP contribution in [0.25, 0.3) is 0 Å². The van der Waals surface area contributed by atoms with E-state index in [9.17, 15) is 4.79 Å². The van der Waals surface area contributed by atoms with Crippen LogP contribution in [0.15, 0.2) is 67.8 Å². The summed E-state index contributed by atoms with van der Waals surface area (Å²) < 4.78 is 0.287. The van der Waals surface area contributed by atoms with Gasteiger partial charge < -0.3 is 5.73 Å². The Morgan fingerprint density at radius 1 is 1.00 bits per heavy atom. The SMILES string of the molecule is C=CC[N+](CC=C)(c1ccccc1CC(N)=O)c1c(Cl)cccc1Cl. The van der Waals surface area contributed by atoms with E-state index in [1.807, 2.05) is 36.4 Å². The van der Waals surface area contributed by atoms with Crippen LogP contribution in [-0.2, 0) is 11.2 Å². The first-order valence-corrected chi connectivity index (χ1v) is 8.62. The molecule has 0 saturated heterocycles. The molecule has 2 N–H and O–H groups in total. The molecule has 2 aromatic rings. The summed E-state index contributed by atoms with van der Waals surface area (Å²) in [5.41, 5.74) is 7.92. The van der Waals surface area contributed by atoms with Gasteiger partial charge >= 0.3 is 0 Å². The summed E-state index contributed by atoms with van der Waals surface area (Å²) >= 11 is 13.1. The molecule has 0 atom stereocenters. The minimum absolute atomic E-state index is 0.131. The van der Waals surface area contributed by atoms with E-state index in [-0.39, 0.29) is 10.9 Å². The fourth-order valence-corrected chi connectivity index (χ4v) is 3.90. The van der Waals surface area contributed by atoms with Crippen LogP contribution in [0, 0.1) is 0 Å². The standard InChI is InChI=1S/C20H20Cl2N2O/c1-3-12-24(13-4-2,20-16(21)9-7-10-17(20)22)18-11-6-5-8-15(18)14-19(23)25/h3-11H,1-2,12-14H2,(H-,23,25)/p+1. The third-order valence-corrected chi connectivity index (χ3v) is 4.67. The fourth-order valence-electron chi connectivity index (χ4n) is 3.18. The molecule has 0 aromatic heterocycles. The number of hydrogen-bond donors (Lipinski definition) is 1. The van der Waals surface area contributed by atoms with E-state index < -0.39 is 5.91 Å². The number of halogens is 2. The Bertz CT molecular complexity index is 772. The highest BCUT2D eigenvalue weighted by atomic mass is 35.5. The van der Waals surface area contributed by atoms with Crippen molar-refractivity contribution >= 4 is 40.5 Å². The van der Waals surface area contributed by atoms with Crippen molar-refractivity contribution in [2.24, 2.45) is 5.73 Å². The van der Waals surface area contributed by atoms with Gasteiger partial charge in [0.15, 0.2) is 5.69 Å². The second-order valence-electron chi connectivity index (χ2n) is 5.75. The van der Waals surface area contributed by atoms with Crippen LogP contribution in [0.4, 0.5) is 11.4 Å². The van der Waals surface area contributed by atoms with E-state index in [0.29, 0.717) is 23.1 Å². The van der Waals surface area contributed by atoms with Gasteiger partial charge in [-0.2, -0.15) is 0 Å². The summed E-state index contributed by atoms with van der Waals surface area (Å²) in [5, 5.41) is 1.09. The quantitative estimate of drug-likeness (QED) is 0.510. The zero-order valence-corrected chi connectivity index (χ0v) is 15.4. The van der Waals surface area contributed by atoms with Crippen molar-refractivity contribution in [1.82, 2.24) is 4.48 Å². The molecular weight excluding hydrogens is 355 g/mol. The second kappa shape index (κ2) is 8.34. The summed E-state index contributed by atoms with van der Waals surface area (Å²) in [6.07, 6.45) is 3.75. The molecule has 0 spiro atoms. The van der Waals surface area contributed by atoms with Gasteiger partial charge in [-0.25, -0.2) is 4.48 Å². The molecule has 0 aliphatic rings. The van der Waals surface area contributed by atoms with Gasteiger partial charge in [-0.1, -0.05) is 60.6 Å². The average Bonchev–Trinajstić information content (AvgIpc) is 2.55. The van der Waals surface area contributed by atoms with Crippen molar-refractivity contribution in [2.75, 3.05) is 13.1 Å². The van der Waals surface area contributed by atoms with Gasteiger partial charge in [-0.3, -0.25) is 4.79 Å². The van der Waals surface area contributed by atoms with E-state index in [0.717, 1.165) is 16.9 Å². The van der Waals surface area contributed by atoms with E-state index in [2.05, 4.69) is 13.2 Å². The molecule has 0 fully saturated rings. The molecule has 0 aliphatic heterocycles. The van der Waals surface area contributed by atoms with Gasteiger partial charge in [0.1, 0.15) is 28.8 Å². The number of nitrogens with two attached hydrogens (primary N) is 1. The van der Waals surface area contributed by atoms with Crippen molar-refractivity contribution in [3.8, 4) is 0 Å². The highest BCUT2D eigenvalue weighted by molar-refractivity contribution is 6.39. The lowest BCUT2D eigenvalue weighted by Gasteiger charge is -2.38. The number of quaternary nitrogens is 1. The maximum Gasteiger partial charge on any atom is 0.222 e. The lowest BCUT2D eigenvalue weighted by Crippen LogP contribution is -2.46. The zero-order chi connectivity index (χ0) is 18.4. The molecule has 130 valence electrons. The number of para-hydroxylation sites is 2. The minimum Gasteiger partial charge on any atom is -0.369 e. The predicted octanol–water partition coefficient (Wildman–Crippen LogP) is 5.03. The largest absolute Gasteiger partial charge is 0.369 e. The van der Waals surface area contributed by atoms with Crippen molar-refractivity contribution < 1.29 is 4.79 Å². The minimum atomic E-state index is -0.395. The van der Waals surface area contributed by atoms with Crippen LogP contribution < -0.4 is 10.2 Å². The first-order valence-electron chi connectivity index (χ1n) is 7.86. The maximum atomic E-state index is 11.6. The molecule has 0 aliphatic carbocycles. The lowest BCUT2D eigenvalue weighted by molar-refractivity contribution is -0.117. The Morgan fingerprint density at radius 3 is 2.08 bits per heavy atom. The zero-order valence-electron chi connectivity index (χ0n) is 13.9. The number of carbonyl (C=O) groups is 1. The lowest BCUT2D eigenvalue weighted by atomic mass is 10.0. The van der Waals surface area contributed by atoms with Gasteiger partial charge in [0.05, 0.1) is 6.42 Å². The third kappa shape index (κ3) is 3.96. The normalized spacial score (nSPS) is 11.1. The molecule has 0 radical (unpaired) electrons. The summed E-state index contributed by atoms with van der Waals surface area (Å²) in [7, 11) is 0. The van der Waals surface area contributed by atoms with E-state index in [1.165, 1.54) is 0 Å². The molecule has 0 bridgehead atoms. The number of primary amides is 1. The van der Waals surface area contributed by atoms with Gasteiger partial charge in [0, 0.05) is 5.56 Å². The van der Waals surface area contributed by atoms with Crippen LogP contribution in [0.2, 0.25) is 10.0 Å². The Balaban J connectivity index is 2.84. The molecule has 2 aromatic carbocycles. The molecular formula is C20H21Cl2N2O+. The van der Waals surface area contributed by atoms with Crippen LogP contribution >= 0.6 is 23.2 Å². The summed E-state index contributed by atoms with van der Waals surface area (Å²) in [6.45, 7) is 8.87. The number of rotatable bonds is 8. The molecule has 5 heteroatoms. The molecule has 2 rings (SSSR count). The smallest absolute Gasteiger partial charge is 0.222 e. The fraction of sp³-hybridized carbons (Fsp3) is 0.150. The predicted molar refractivity (Wildman–Crippen MR) is 107 cm³/mol. The molecule has 0 heterocycles. The first kappa shape index (κ1) is 19.3. The Hall–Kier alpha value is -2.07. The van der Waals surface area contributed by atoms with Gasteiger partial charge in [-0.05, 0) is 30.4 Å². The van der Waals surface area contributed by atoms with Gasteiger partial charge in [-0.15, -0.1) is 0 Å². The van der Waals surface area contributed by atoms with Crippen molar-refractivity contribution in [3.05, 3.63) is 83.4 Å². The van der Waals surface area contributed by atoms with Crippen LogP contribution in [0.1, 0.15) is 5.56 Å². The number of amides is 1. The van der Waals surface area contributed by atoms with Crippen LogP contribution in [0.3, 0.4) is 0 Å². The number of carbonyl (C=O) groups excluding carboxylic acids is 1. The topological polar surface area (TPSA) is 43.1 Å². The average molecular weight is 376 g/mol. The second-order valence-corrected chi connectivity index (χ2v) is 6.57. The molecule has 3 nitrogen and oxygen atoms in total. The van der Waals surface area contributed by atoms with Crippen LogP contribution in [0.5, 0.6) is 0 Å². The van der Waals surface area contributed by atoms with Gasteiger partial charge in [0.2, 0.25) is 5.91 Å². The Morgan fingerprint density at radius 2 is 1.56 bits per heavy atom. The molecule has 0 saturated carbocycles. The Labute approximate surface area is 158 Å². The summed E-state index contributed by atoms with van der Waals surface area (Å²) in [5.74, 6) is -0.395. The Kier molecular flexibility index (Phi) is 6.43. The van der Waals surface area contributed by atoms with Gasteiger partial charge in [0.25, 0.3) is 0 Å². The van der Waals surface area contributed by atoms with E-state index in [4.69, 9.17) is 28.9 Å². The maximum absolute atomic E-state index is 11.6. The number of hydrogen-bond acceptors (Lipinski definition) is 1. The first-order chi connectivity index (χ1) is 12.0. The molecule has 0 unspecified atom stereocenters. The summed E-state index contributed by atoms with van der Waals surface area (Å²) in [4.78, 5) is 11.6. The van der Waals surface area contributed by atoms with E-state index >= 15 is 0 Å². The molecule has 25 heavy (non-hydrogen) atoms. The van der Waals surface area contributed by atoms with Crippen molar-refractivity contribution in [1.29, 1.82) is 0 Å². The monoisotopic (exact) mass is 375 g/mol. The highest BCUT2D eigenvalue weighted by Crippen LogP contribution is 2.45. The number of benzene rings is 2. The van der Waals surface area contributed by atoms with Crippen LogP contribution in [-0.4, -0.2) is 19.0 Å². The number of nitrogens with zero attached hydrogens (tertiary/aromatic N) is 1. The summed E-state index contributed by atoms with van der Waals surface area (Å²) in [6, 6.07) is 13.1. The van der Waals surface area contributed by atoms with Crippen molar-refractivity contribution in [2.45, 2.75) is 6.42 Å².